The van der Waals surface area contributed by atoms with Crippen LogP contribution < -0.4 is 10.1 Å². The average Bonchev–Trinajstić information content (AvgIpc) is 3.32. The molecule has 4 rings (SSSR count). The molecule has 0 radical (unpaired) electrons. The molecule has 1 aromatic carbocycles. The predicted molar refractivity (Wildman–Crippen MR) is 114 cm³/mol. The Bertz CT molecular complexity index is 1310. The molecule has 0 bridgehead atoms. The fraction of sp³-hybridized carbons (Fsp3) is 0.238. The lowest BCUT2D eigenvalue weighted by atomic mass is 10.1. The summed E-state index contributed by atoms with van der Waals surface area (Å²) in [7, 11) is 0. The number of hydrogen-bond acceptors (Lipinski definition) is 5. The van der Waals surface area contributed by atoms with E-state index in [1.54, 1.807) is 13.1 Å². The highest BCUT2D eigenvalue weighted by Crippen LogP contribution is 2.32. The number of ether oxygens (including phenoxy) is 1. The number of carbonyl (C=O) groups excluding carboxylic acids is 1. The zero-order chi connectivity index (χ0) is 23.0. The number of fused-ring (bicyclic) bond motifs is 1. The molecule has 0 saturated carbocycles. The van der Waals surface area contributed by atoms with Gasteiger partial charge >= 0.3 is 5.38 Å². The molecule has 0 aliphatic heterocycles. The smallest absolute Gasteiger partial charge is 0.364 e. The van der Waals surface area contributed by atoms with Gasteiger partial charge in [-0.2, -0.15) is 19.0 Å². The Labute approximate surface area is 186 Å². The van der Waals surface area contributed by atoms with Crippen molar-refractivity contribution < 1.29 is 18.3 Å². The van der Waals surface area contributed by atoms with E-state index in [-0.39, 0.29) is 18.1 Å². The molecule has 0 aliphatic carbocycles. The summed E-state index contributed by atoms with van der Waals surface area (Å²) < 4.78 is 35.6. The second-order valence-corrected chi connectivity index (χ2v) is 7.82. The van der Waals surface area contributed by atoms with Crippen LogP contribution in [-0.2, 0) is 12.1 Å². The van der Waals surface area contributed by atoms with Crippen LogP contribution in [0.5, 0.6) is 5.75 Å². The summed E-state index contributed by atoms with van der Waals surface area (Å²) in [6.45, 7) is 5.65. The van der Waals surface area contributed by atoms with Crippen molar-refractivity contribution in [3.63, 3.8) is 0 Å². The van der Waals surface area contributed by atoms with E-state index in [0.29, 0.717) is 11.4 Å². The topological polar surface area (TPSA) is 86.3 Å². The van der Waals surface area contributed by atoms with Crippen LogP contribution in [-0.4, -0.2) is 30.3 Å². The van der Waals surface area contributed by atoms with E-state index in [1.165, 1.54) is 16.9 Å². The second kappa shape index (κ2) is 8.19. The summed E-state index contributed by atoms with van der Waals surface area (Å²) in [4.78, 5) is 16.7. The predicted octanol–water partition coefficient (Wildman–Crippen LogP) is 4.43. The monoisotopic (exact) mass is 460 g/mol. The number of aryl methyl sites for hydroxylation is 3. The van der Waals surface area contributed by atoms with Gasteiger partial charge < -0.3 is 10.1 Å². The first-order valence-corrected chi connectivity index (χ1v) is 9.96. The first-order chi connectivity index (χ1) is 15.1. The second-order valence-electron chi connectivity index (χ2n) is 7.35. The lowest BCUT2D eigenvalue weighted by molar-refractivity contribution is 0.0868. The number of nitrogens with one attached hydrogen (secondary N) is 1. The maximum atomic E-state index is 13.7. The number of halogens is 3. The average molecular weight is 461 g/mol. The van der Waals surface area contributed by atoms with E-state index in [2.05, 4.69) is 20.5 Å². The molecule has 32 heavy (non-hydrogen) atoms. The van der Waals surface area contributed by atoms with Gasteiger partial charge in [0.1, 0.15) is 11.4 Å². The Morgan fingerprint density at radius 1 is 1.22 bits per heavy atom. The van der Waals surface area contributed by atoms with Crippen LogP contribution in [0.1, 0.15) is 33.0 Å². The summed E-state index contributed by atoms with van der Waals surface area (Å²) in [6, 6.07) is 8.28. The minimum absolute atomic E-state index is 0.0861. The summed E-state index contributed by atoms with van der Waals surface area (Å²) in [5.74, 6) is 0.128. The van der Waals surface area contributed by atoms with Crippen LogP contribution >= 0.6 is 11.6 Å². The summed E-state index contributed by atoms with van der Waals surface area (Å²) in [6.07, 6.45) is 3.03. The lowest BCUT2D eigenvalue weighted by Gasteiger charge is -2.10. The zero-order valence-corrected chi connectivity index (χ0v) is 18.2. The maximum Gasteiger partial charge on any atom is 0.364 e. The van der Waals surface area contributed by atoms with Crippen molar-refractivity contribution in [2.45, 2.75) is 32.9 Å². The molecule has 0 unspecified atom stereocenters. The number of rotatable bonds is 6. The largest absolute Gasteiger partial charge is 0.471 e. The summed E-state index contributed by atoms with van der Waals surface area (Å²) in [5, 5.41) is 7.05. The normalized spacial score (nSPS) is 11.7. The van der Waals surface area contributed by atoms with Gasteiger partial charge in [-0.3, -0.25) is 4.79 Å². The molecule has 0 aliphatic rings. The molecular formula is C21H19ClF2N6O2. The third-order valence-corrected chi connectivity index (χ3v) is 4.85. The highest BCUT2D eigenvalue weighted by molar-refractivity contribution is 6.21. The SMILES string of the molecule is Cc1ccc(OCn2cc(NC(=O)c3cc4nc(C)cc(C(F)(F)Cl)n4n3)cn2)c(C)c1. The molecule has 1 N–H and O–H groups in total. The van der Waals surface area contributed by atoms with E-state index >= 15 is 0 Å². The van der Waals surface area contributed by atoms with E-state index in [9.17, 15) is 13.6 Å². The highest BCUT2D eigenvalue weighted by atomic mass is 35.5. The molecule has 0 saturated heterocycles. The van der Waals surface area contributed by atoms with Crippen molar-refractivity contribution >= 4 is 28.8 Å². The standard InChI is InChI=1S/C21H19ClF2N6O2/c1-12-4-5-17(13(2)6-12)32-11-29-10-15(9-25-29)27-20(31)16-8-19-26-14(3)7-18(21(22,23)24)30(19)28-16/h4-10H,11H2,1-3H3,(H,27,31). The third kappa shape index (κ3) is 4.54. The molecule has 166 valence electrons. The van der Waals surface area contributed by atoms with Crippen molar-refractivity contribution in [3.05, 3.63) is 70.9 Å². The minimum Gasteiger partial charge on any atom is -0.471 e. The van der Waals surface area contributed by atoms with Gasteiger partial charge in [-0.1, -0.05) is 17.7 Å². The van der Waals surface area contributed by atoms with Crippen LogP contribution in [0.2, 0.25) is 0 Å². The molecule has 0 spiro atoms. The van der Waals surface area contributed by atoms with Gasteiger partial charge in [0.05, 0.1) is 18.1 Å². The van der Waals surface area contributed by atoms with E-state index in [4.69, 9.17) is 16.3 Å². The van der Waals surface area contributed by atoms with Crippen molar-refractivity contribution in [1.29, 1.82) is 0 Å². The maximum absolute atomic E-state index is 13.7. The Hall–Kier alpha value is -3.53. The Kier molecular flexibility index (Phi) is 5.55. The van der Waals surface area contributed by atoms with Gasteiger partial charge in [0.25, 0.3) is 5.91 Å². The fourth-order valence-electron chi connectivity index (χ4n) is 3.20. The van der Waals surface area contributed by atoms with Crippen molar-refractivity contribution in [2.75, 3.05) is 5.32 Å². The highest BCUT2D eigenvalue weighted by Gasteiger charge is 2.32. The zero-order valence-electron chi connectivity index (χ0n) is 17.4. The quantitative estimate of drug-likeness (QED) is 0.430. The summed E-state index contributed by atoms with van der Waals surface area (Å²) >= 11 is 5.18. The van der Waals surface area contributed by atoms with Crippen LogP contribution in [0.15, 0.2) is 42.7 Å². The molecule has 3 aromatic heterocycles. The van der Waals surface area contributed by atoms with Crippen molar-refractivity contribution in [2.24, 2.45) is 0 Å². The molecule has 0 atom stereocenters. The molecule has 3 heterocycles. The van der Waals surface area contributed by atoms with E-state index < -0.39 is 17.0 Å². The Morgan fingerprint density at radius 2 is 2.00 bits per heavy atom. The number of aromatic nitrogens is 5. The number of alkyl halides is 3. The Morgan fingerprint density at radius 3 is 2.72 bits per heavy atom. The van der Waals surface area contributed by atoms with Gasteiger partial charge in [0.2, 0.25) is 0 Å². The van der Waals surface area contributed by atoms with Crippen molar-refractivity contribution in [3.8, 4) is 5.75 Å². The number of carbonyl (C=O) groups is 1. The van der Waals surface area contributed by atoms with Crippen LogP contribution in [0.3, 0.4) is 0 Å². The molecule has 11 heteroatoms. The van der Waals surface area contributed by atoms with Gasteiger partial charge in [0.15, 0.2) is 18.1 Å². The Balaban J connectivity index is 1.48. The minimum atomic E-state index is -3.66. The van der Waals surface area contributed by atoms with Gasteiger partial charge in [0, 0.05) is 11.8 Å². The molecule has 4 aromatic rings. The first kappa shape index (κ1) is 21.7. The number of anilines is 1. The number of hydrogen-bond donors (Lipinski definition) is 1. The molecule has 8 nitrogen and oxygen atoms in total. The first-order valence-electron chi connectivity index (χ1n) is 9.58. The fourth-order valence-corrected chi connectivity index (χ4v) is 3.34. The number of amides is 1. The van der Waals surface area contributed by atoms with E-state index in [0.717, 1.165) is 27.5 Å². The summed E-state index contributed by atoms with van der Waals surface area (Å²) in [5.41, 5.74) is 2.28. The van der Waals surface area contributed by atoms with Gasteiger partial charge in [-0.15, -0.1) is 0 Å². The van der Waals surface area contributed by atoms with Crippen LogP contribution in [0.4, 0.5) is 14.5 Å². The molecular weight excluding hydrogens is 442 g/mol. The number of benzene rings is 1. The van der Waals surface area contributed by atoms with E-state index in [1.807, 2.05) is 32.0 Å². The third-order valence-electron chi connectivity index (χ3n) is 4.65. The van der Waals surface area contributed by atoms with Gasteiger partial charge in [-0.05, 0) is 50.1 Å². The molecule has 1 amide bonds. The lowest BCUT2D eigenvalue weighted by Crippen LogP contribution is -2.15. The van der Waals surface area contributed by atoms with Crippen molar-refractivity contribution in [1.82, 2.24) is 24.4 Å². The molecule has 0 fully saturated rings. The van der Waals surface area contributed by atoms with Crippen LogP contribution in [0.25, 0.3) is 5.65 Å². The van der Waals surface area contributed by atoms with Gasteiger partial charge in [-0.25, -0.2) is 14.2 Å². The van der Waals surface area contributed by atoms with Crippen LogP contribution in [0, 0.1) is 20.8 Å². The number of nitrogens with zero attached hydrogens (tertiary/aromatic N) is 5.